The molecule has 0 saturated carbocycles. The predicted octanol–water partition coefficient (Wildman–Crippen LogP) is 3.81. The van der Waals surface area contributed by atoms with Crippen LogP contribution in [0.5, 0.6) is 5.75 Å². The molecule has 0 aliphatic heterocycles. The number of hydrogen-bond acceptors (Lipinski definition) is 3. The second-order valence-electron chi connectivity index (χ2n) is 4.19. The van der Waals surface area contributed by atoms with Crippen molar-refractivity contribution in [1.82, 2.24) is 5.43 Å². The normalized spacial score (nSPS) is 10.5. The second kappa shape index (κ2) is 7.72. The number of methoxy groups -OCH3 is 1. The van der Waals surface area contributed by atoms with E-state index in [1.807, 2.05) is 24.3 Å². The molecule has 2 aromatic rings. The van der Waals surface area contributed by atoms with Gasteiger partial charge < -0.3 is 10.1 Å². The lowest BCUT2D eigenvalue weighted by molar-refractivity contribution is 0.414. The lowest BCUT2D eigenvalue weighted by atomic mass is 10.2. The summed E-state index contributed by atoms with van der Waals surface area (Å²) < 4.78 is 18.3. The summed E-state index contributed by atoms with van der Waals surface area (Å²) in [6, 6.07) is 11.7. The Morgan fingerprint density at radius 2 is 2.09 bits per heavy atom. The van der Waals surface area contributed by atoms with Gasteiger partial charge in [-0.2, -0.15) is 5.10 Å². The highest BCUT2D eigenvalue weighted by Gasteiger charge is 2.02. The number of hydrogen-bond donors (Lipinski definition) is 2. The van der Waals surface area contributed by atoms with Crippen molar-refractivity contribution in [3.05, 3.63) is 58.9 Å². The molecule has 7 heteroatoms. The fraction of sp³-hybridized carbons (Fsp3) is 0.0667. The number of ether oxygens (including phenoxy) is 1. The third kappa shape index (κ3) is 4.41. The highest BCUT2D eigenvalue weighted by molar-refractivity contribution is 7.80. The summed E-state index contributed by atoms with van der Waals surface area (Å²) in [5.41, 5.74) is 4.04. The maximum Gasteiger partial charge on any atom is 0.191 e. The Morgan fingerprint density at radius 1 is 1.32 bits per heavy atom. The molecule has 2 N–H and O–H groups in total. The van der Waals surface area contributed by atoms with Gasteiger partial charge in [0.25, 0.3) is 0 Å². The number of nitrogens with one attached hydrogen (secondary N) is 2. The Kier molecular flexibility index (Phi) is 5.68. The van der Waals surface area contributed by atoms with E-state index in [9.17, 15) is 4.39 Å². The minimum atomic E-state index is -0.486. The van der Waals surface area contributed by atoms with Crippen LogP contribution in [-0.2, 0) is 0 Å². The van der Waals surface area contributed by atoms with Crippen molar-refractivity contribution in [1.29, 1.82) is 0 Å². The molecule has 0 unspecified atom stereocenters. The largest absolute Gasteiger partial charge is 0.496 e. The van der Waals surface area contributed by atoms with Gasteiger partial charge in [0.2, 0.25) is 0 Å². The van der Waals surface area contributed by atoms with Crippen LogP contribution in [0.3, 0.4) is 0 Å². The molecule has 22 heavy (non-hydrogen) atoms. The smallest absolute Gasteiger partial charge is 0.191 e. The van der Waals surface area contributed by atoms with Crippen molar-refractivity contribution in [2.24, 2.45) is 5.10 Å². The van der Waals surface area contributed by atoms with E-state index in [1.165, 1.54) is 18.2 Å². The summed E-state index contributed by atoms with van der Waals surface area (Å²) in [7, 11) is 1.59. The van der Waals surface area contributed by atoms with Crippen molar-refractivity contribution in [2.45, 2.75) is 0 Å². The molecule has 2 aromatic carbocycles. The lowest BCUT2D eigenvalue weighted by Crippen LogP contribution is -2.23. The minimum absolute atomic E-state index is 0.0188. The van der Waals surface area contributed by atoms with Gasteiger partial charge in [-0.05, 0) is 42.5 Å². The topological polar surface area (TPSA) is 45.6 Å². The van der Waals surface area contributed by atoms with Gasteiger partial charge >= 0.3 is 0 Å². The van der Waals surface area contributed by atoms with Crippen molar-refractivity contribution >= 4 is 40.8 Å². The molecule has 0 aromatic heterocycles. The first-order valence-corrected chi connectivity index (χ1v) is 7.07. The molecule has 114 valence electrons. The van der Waals surface area contributed by atoms with Gasteiger partial charge in [0.1, 0.15) is 11.6 Å². The van der Waals surface area contributed by atoms with E-state index < -0.39 is 5.82 Å². The van der Waals surface area contributed by atoms with Crippen molar-refractivity contribution in [2.75, 3.05) is 12.4 Å². The highest BCUT2D eigenvalue weighted by atomic mass is 35.5. The molecular weight excluding hydrogens is 325 g/mol. The molecule has 2 rings (SSSR count). The predicted molar refractivity (Wildman–Crippen MR) is 91.4 cm³/mol. The molecule has 4 nitrogen and oxygen atoms in total. The van der Waals surface area contributed by atoms with Gasteiger partial charge in [-0.1, -0.05) is 23.7 Å². The third-order valence-corrected chi connectivity index (χ3v) is 3.17. The number of thiocarbonyl (C=S) groups is 1. The Hall–Kier alpha value is -2.18. The quantitative estimate of drug-likeness (QED) is 0.506. The SMILES string of the molecule is COc1ccccc1C=NNC(=S)Nc1ccc(F)c(Cl)c1. The maximum atomic E-state index is 13.1. The van der Waals surface area contributed by atoms with Crippen LogP contribution < -0.4 is 15.5 Å². The van der Waals surface area contributed by atoms with Crippen LogP contribution in [0.1, 0.15) is 5.56 Å². The summed E-state index contributed by atoms with van der Waals surface area (Å²) in [6.45, 7) is 0. The van der Waals surface area contributed by atoms with Gasteiger partial charge in [-0.15, -0.1) is 0 Å². The third-order valence-electron chi connectivity index (χ3n) is 2.69. The number of anilines is 1. The van der Waals surface area contributed by atoms with Gasteiger partial charge in [-0.3, -0.25) is 5.43 Å². The van der Waals surface area contributed by atoms with E-state index in [-0.39, 0.29) is 10.1 Å². The van der Waals surface area contributed by atoms with Crippen molar-refractivity contribution in [3.63, 3.8) is 0 Å². The summed E-state index contributed by atoms with van der Waals surface area (Å²) in [6.07, 6.45) is 1.59. The Bertz CT molecular complexity index is 709. The van der Waals surface area contributed by atoms with E-state index in [1.54, 1.807) is 13.3 Å². The van der Waals surface area contributed by atoms with Crippen molar-refractivity contribution < 1.29 is 9.13 Å². The van der Waals surface area contributed by atoms with Crippen LogP contribution in [0.25, 0.3) is 0 Å². The Balaban J connectivity index is 1.95. The fourth-order valence-electron chi connectivity index (χ4n) is 1.67. The van der Waals surface area contributed by atoms with E-state index >= 15 is 0 Å². The summed E-state index contributed by atoms with van der Waals surface area (Å²) >= 11 is 10.8. The molecule has 0 atom stereocenters. The molecule has 0 saturated heterocycles. The standard InChI is InChI=1S/C15H13ClFN3OS/c1-21-14-5-3-2-4-10(14)9-18-20-15(22)19-11-6-7-13(17)12(16)8-11/h2-9H,1H3,(H2,19,20,22). The van der Waals surface area contributed by atoms with Crippen LogP contribution in [-0.4, -0.2) is 18.4 Å². The first-order valence-electron chi connectivity index (χ1n) is 6.28. The summed E-state index contributed by atoms with van der Waals surface area (Å²) in [5.74, 6) is 0.220. The maximum absolute atomic E-state index is 13.1. The number of nitrogens with zero attached hydrogens (tertiary/aromatic N) is 1. The Morgan fingerprint density at radius 3 is 2.82 bits per heavy atom. The van der Waals surface area contributed by atoms with E-state index in [2.05, 4.69) is 15.8 Å². The first kappa shape index (κ1) is 16.2. The molecule has 0 heterocycles. The molecular formula is C15H13ClFN3OS. The van der Waals surface area contributed by atoms with Crippen LogP contribution >= 0.6 is 23.8 Å². The molecule has 0 spiro atoms. The second-order valence-corrected chi connectivity index (χ2v) is 5.01. The number of hydrazone groups is 1. The number of benzene rings is 2. The van der Waals surface area contributed by atoms with Crippen LogP contribution in [0.15, 0.2) is 47.6 Å². The number of halogens is 2. The monoisotopic (exact) mass is 337 g/mol. The average Bonchev–Trinajstić information content (AvgIpc) is 2.51. The Labute approximate surface area is 137 Å². The number of rotatable bonds is 4. The van der Waals surface area contributed by atoms with Crippen LogP contribution in [0, 0.1) is 5.82 Å². The molecule has 0 bridgehead atoms. The minimum Gasteiger partial charge on any atom is -0.496 e. The van der Waals surface area contributed by atoms with Gasteiger partial charge in [-0.25, -0.2) is 4.39 Å². The lowest BCUT2D eigenvalue weighted by Gasteiger charge is -2.08. The molecule has 0 radical (unpaired) electrons. The molecule has 0 amide bonds. The molecule has 0 aliphatic rings. The first-order chi connectivity index (χ1) is 10.6. The zero-order valence-electron chi connectivity index (χ0n) is 11.6. The molecule has 0 fully saturated rings. The summed E-state index contributed by atoms with van der Waals surface area (Å²) in [4.78, 5) is 0. The molecule has 0 aliphatic carbocycles. The van der Waals surface area contributed by atoms with Gasteiger partial charge in [0, 0.05) is 11.3 Å². The highest BCUT2D eigenvalue weighted by Crippen LogP contribution is 2.19. The van der Waals surface area contributed by atoms with Gasteiger partial charge in [0.15, 0.2) is 5.11 Å². The van der Waals surface area contributed by atoms with E-state index in [0.717, 1.165) is 5.56 Å². The van der Waals surface area contributed by atoms with Crippen molar-refractivity contribution in [3.8, 4) is 5.75 Å². The van der Waals surface area contributed by atoms with E-state index in [4.69, 9.17) is 28.6 Å². The average molecular weight is 338 g/mol. The summed E-state index contributed by atoms with van der Waals surface area (Å²) in [5, 5.41) is 7.15. The fourth-order valence-corrected chi connectivity index (χ4v) is 2.02. The zero-order valence-corrected chi connectivity index (χ0v) is 13.2. The van der Waals surface area contributed by atoms with Crippen LogP contribution in [0.2, 0.25) is 5.02 Å². The zero-order chi connectivity index (χ0) is 15.9. The number of para-hydroxylation sites is 1. The van der Waals surface area contributed by atoms with E-state index in [0.29, 0.717) is 11.4 Å². The van der Waals surface area contributed by atoms with Crippen LogP contribution in [0.4, 0.5) is 10.1 Å². The van der Waals surface area contributed by atoms with Gasteiger partial charge in [0.05, 0.1) is 18.3 Å².